The van der Waals surface area contributed by atoms with E-state index in [1.165, 1.54) is 11.1 Å². The number of rotatable bonds is 6. The van der Waals surface area contributed by atoms with Gasteiger partial charge in [-0.3, -0.25) is 14.5 Å². The molecule has 2 aromatic rings. The van der Waals surface area contributed by atoms with Gasteiger partial charge in [-0.2, -0.15) is 4.98 Å². The first-order valence-electron chi connectivity index (χ1n) is 10.2. The van der Waals surface area contributed by atoms with E-state index in [-0.39, 0.29) is 30.8 Å². The van der Waals surface area contributed by atoms with Gasteiger partial charge in [0.1, 0.15) is 0 Å². The topological polar surface area (TPSA) is 91.6 Å². The van der Waals surface area contributed by atoms with Gasteiger partial charge in [0, 0.05) is 32.6 Å². The van der Waals surface area contributed by atoms with Gasteiger partial charge in [0.15, 0.2) is 5.82 Å². The molecule has 0 unspecified atom stereocenters. The van der Waals surface area contributed by atoms with E-state index in [9.17, 15) is 9.59 Å². The molecule has 1 aromatic heterocycles. The number of benzene rings is 1. The van der Waals surface area contributed by atoms with E-state index in [1.54, 1.807) is 11.8 Å². The second-order valence-electron chi connectivity index (χ2n) is 7.72. The minimum Gasteiger partial charge on any atom is -0.353 e. The Bertz CT molecular complexity index is 871. The lowest BCUT2D eigenvalue weighted by molar-refractivity contribution is -0.140. The lowest BCUT2D eigenvalue weighted by Crippen LogP contribution is -2.59. The van der Waals surface area contributed by atoms with Gasteiger partial charge in [-0.05, 0) is 30.9 Å². The minimum absolute atomic E-state index is 0.0629. The van der Waals surface area contributed by atoms with Gasteiger partial charge in [-0.15, -0.1) is 0 Å². The molecule has 4 rings (SSSR count). The van der Waals surface area contributed by atoms with Crippen LogP contribution in [0, 0.1) is 6.92 Å². The largest absolute Gasteiger partial charge is 0.353 e. The van der Waals surface area contributed by atoms with Crippen molar-refractivity contribution in [3.63, 3.8) is 0 Å². The van der Waals surface area contributed by atoms with Gasteiger partial charge in [-0.1, -0.05) is 29.4 Å². The summed E-state index contributed by atoms with van der Waals surface area (Å²) < 4.78 is 5.00. The van der Waals surface area contributed by atoms with Crippen LogP contribution >= 0.6 is 0 Å². The number of piperazine rings is 1. The molecule has 0 radical (unpaired) electrons. The zero-order chi connectivity index (χ0) is 20.4. The summed E-state index contributed by atoms with van der Waals surface area (Å²) in [4.78, 5) is 33.8. The number of hydrogen-bond donors (Lipinski definition) is 1. The van der Waals surface area contributed by atoms with E-state index in [4.69, 9.17) is 4.52 Å². The Morgan fingerprint density at radius 3 is 2.66 bits per heavy atom. The van der Waals surface area contributed by atoms with E-state index in [2.05, 4.69) is 44.6 Å². The molecule has 0 bridgehead atoms. The lowest BCUT2D eigenvalue weighted by atomic mass is 10.0. The second-order valence-corrected chi connectivity index (χ2v) is 7.72. The summed E-state index contributed by atoms with van der Waals surface area (Å²) in [5.74, 6) is 0.820. The summed E-state index contributed by atoms with van der Waals surface area (Å²) in [7, 11) is 0. The predicted octanol–water partition coefficient (Wildman–Crippen LogP) is 1.08. The van der Waals surface area contributed by atoms with E-state index in [0.717, 1.165) is 19.4 Å². The molecule has 2 aliphatic rings. The Hall–Kier alpha value is -2.74. The molecule has 1 atom stereocenters. The number of carbonyl (C=O) groups is 2. The first-order chi connectivity index (χ1) is 14.0. The maximum atomic E-state index is 13.0. The Morgan fingerprint density at radius 1 is 1.31 bits per heavy atom. The van der Waals surface area contributed by atoms with Crippen LogP contribution in [-0.2, 0) is 29.0 Å². The fraction of sp³-hybridized carbons (Fsp3) is 0.524. The third kappa shape index (κ3) is 4.17. The van der Waals surface area contributed by atoms with E-state index in [0.29, 0.717) is 24.8 Å². The molecule has 0 saturated carbocycles. The van der Waals surface area contributed by atoms with Gasteiger partial charge < -0.3 is 14.7 Å². The van der Waals surface area contributed by atoms with Crippen LogP contribution in [-0.4, -0.2) is 63.5 Å². The zero-order valence-corrected chi connectivity index (χ0v) is 16.9. The molecule has 29 heavy (non-hydrogen) atoms. The van der Waals surface area contributed by atoms with Gasteiger partial charge in [0.2, 0.25) is 17.7 Å². The van der Waals surface area contributed by atoms with Crippen molar-refractivity contribution in [2.45, 2.75) is 51.7 Å². The molecule has 1 fully saturated rings. The fourth-order valence-electron chi connectivity index (χ4n) is 4.40. The van der Waals surface area contributed by atoms with Crippen LogP contribution in [0.5, 0.6) is 0 Å². The van der Waals surface area contributed by atoms with Gasteiger partial charge in [0.25, 0.3) is 0 Å². The highest BCUT2D eigenvalue weighted by molar-refractivity contribution is 5.89. The molecule has 1 aromatic carbocycles. The second kappa shape index (κ2) is 8.32. The van der Waals surface area contributed by atoms with Crippen LogP contribution < -0.4 is 5.32 Å². The molecule has 2 heterocycles. The van der Waals surface area contributed by atoms with Crippen molar-refractivity contribution in [3.05, 3.63) is 47.1 Å². The van der Waals surface area contributed by atoms with Crippen molar-refractivity contribution in [1.29, 1.82) is 0 Å². The van der Waals surface area contributed by atoms with Crippen LogP contribution in [0.15, 0.2) is 28.8 Å². The van der Waals surface area contributed by atoms with Gasteiger partial charge in [0.05, 0.1) is 19.0 Å². The molecule has 1 aliphatic heterocycles. The molecule has 2 amide bonds. The summed E-state index contributed by atoms with van der Waals surface area (Å²) in [5, 5.41) is 6.81. The summed E-state index contributed by atoms with van der Waals surface area (Å²) in [6.07, 6.45) is 2.00. The molecule has 1 saturated heterocycles. The predicted molar refractivity (Wildman–Crippen MR) is 106 cm³/mol. The van der Waals surface area contributed by atoms with Crippen molar-refractivity contribution >= 4 is 11.8 Å². The normalized spacial score (nSPS) is 19.8. The third-order valence-electron chi connectivity index (χ3n) is 5.88. The number of carbonyl (C=O) groups excluding carboxylic acids is 2. The Labute approximate surface area is 170 Å². The van der Waals surface area contributed by atoms with Crippen molar-refractivity contribution in [2.75, 3.05) is 19.6 Å². The van der Waals surface area contributed by atoms with Gasteiger partial charge >= 0.3 is 0 Å². The number of nitrogens with one attached hydrogen (secondary N) is 1. The molecule has 1 N–H and O–H groups in total. The Kier molecular flexibility index (Phi) is 5.62. The van der Waals surface area contributed by atoms with Crippen molar-refractivity contribution in [3.8, 4) is 0 Å². The molecule has 154 valence electrons. The van der Waals surface area contributed by atoms with Crippen LogP contribution in [0.2, 0.25) is 0 Å². The van der Waals surface area contributed by atoms with Crippen LogP contribution in [0.3, 0.4) is 0 Å². The molecule has 8 nitrogen and oxygen atoms in total. The fourth-order valence-corrected chi connectivity index (χ4v) is 4.40. The number of fused-ring (bicyclic) bond motifs is 1. The summed E-state index contributed by atoms with van der Waals surface area (Å²) in [5.41, 5.74) is 2.69. The number of amides is 2. The molecule has 0 spiro atoms. The Balaban J connectivity index is 1.45. The lowest BCUT2D eigenvalue weighted by Gasteiger charge is -2.39. The molecule has 1 aliphatic carbocycles. The quantitative estimate of drug-likeness (QED) is 0.784. The third-order valence-corrected chi connectivity index (χ3v) is 5.88. The summed E-state index contributed by atoms with van der Waals surface area (Å²) >= 11 is 0. The van der Waals surface area contributed by atoms with E-state index < -0.39 is 6.04 Å². The molecular weight excluding hydrogens is 370 g/mol. The van der Waals surface area contributed by atoms with Crippen molar-refractivity contribution in [1.82, 2.24) is 25.3 Å². The maximum Gasteiger partial charge on any atom is 0.237 e. The highest BCUT2D eigenvalue weighted by atomic mass is 16.5. The van der Waals surface area contributed by atoms with Gasteiger partial charge in [-0.25, -0.2) is 0 Å². The van der Waals surface area contributed by atoms with Crippen LogP contribution in [0.25, 0.3) is 0 Å². The maximum absolute atomic E-state index is 13.0. The molecule has 8 heteroatoms. The average molecular weight is 397 g/mol. The summed E-state index contributed by atoms with van der Waals surface area (Å²) in [6.45, 7) is 5.83. The first kappa shape index (κ1) is 19.6. The van der Waals surface area contributed by atoms with Crippen LogP contribution in [0.1, 0.15) is 36.2 Å². The Morgan fingerprint density at radius 2 is 2.03 bits per heavy atom. The first-order valence-corrected chi connectivity index (χ1v) is 10.2. The number of nitrogens with zero attached hydrogens (tertiary/aromatic N) is 4. The highest BCUT2D eigenvalue weighted by Crippen LogP contribution is 2.28. The van der Waals surface area contributed by atoms with E-state index in [1.807, 2.05) is 6.92 Å². The minimum atomic E-state index is -0.448. The van der Waals surface area contributed by atoms with Crippen molar-refractivity contribution < 1.29 is 14.1 Å². The monoisotopic (exact) mass is 397 g/mol. The SMILES string of the molecule is CCN(Cc1noc(C)n1)C(=O)C[C@H]1C(=O)NCCN1C1Cc2ccccc2C1. The van der Waals surface area contributed by atoms with E-state index >= 15 is 0 Å². The highest BCUT2D eigenvalue weighted by Gasteiger charge is 2.38. The number of aromatic nitrogens is 2. The zero-order valence-electron chi connectivity index (χ0n) is 16.9. The average Bonchev–Trinajstić information content (AvgIpc) is 3.33. The number of aryl methyl sites for hydroxylation is 1. The standard InChI is InChI=1S/C21H27N5O3/c1-3-25(13-19-23-14(2)29-24-19)20(27)12-18-21(28)22-8-9-26(18)17-10-15-6-4-5-7-16(15)11-17/h4-7,17-18H,3,8-13H2,1-2H3,(H,22,28)/t18-/m0/s1. The smallest absolute Gasteiger partial charge is 0.237 e. The van der Waals surface area contributed by atoms with Crippen molar-refractivity contribution in [2.24, 2.45) is 0 Å². The number of hydrogen-bond acceptors (Lipinski definition) is 6. The molecular formula is C21H27N5O3. The summed E-state index contributed by atoms with van der Waals surface area (Å²) in [6, 6.07) is 8.24. The van der Waals surface area contributed by atoms with Crippen LogP contribution in [0.4, 0.5) is 0 Å².